The van der Waals surface area contributed by atoms with Crippen LogP contribution in [0.25, 0.3) is 0 Å². The molecule has 1 aromatic heterocycles. The molecule has 0 aliphatic carbocycles. The molecule has 0 saturated carbocycles. The molecule has 1 aliphatic heterocycles. The highest BCUT2D eigenvalue weighted by Crippen LogP contribution is 2.21. The van der Waals surface area contributed by atoms with Crippen LogP contribution in [-0.2, 0) is 10.2 Å². The standard InChI is InChI=1S/C12H19BrN4O2S/c1-9-5-12(15-7-11(9)13)16-20(18,19)17-4-2-3-10(6-14)8-17/h5,7,10H,2-4,6,8,14H2,1H3,(H,15,16). The first kappa shape index (κ1) is 15.7. The Morgan fingerprint density at radius 1 is 1.60 bits per heavy atom. The number of aryl methyl sites for hydroxylation is 1. The molecule has 3 N–H and O–H groups in total. The van der Waals surface area contributed by atoms with Crippen molar-refractivity contribution in [2.75, 3.05) is 24.4 Å². The summed E-state index contributed by atoms with van der Waals surface area (Å²) >= 11 is 3.34. The van der Waals surface area contributed by atoms with Crippen LogP contribution in [0.4, 0.5) is 5.82 Å². The first-order valence-corrected chi connectivity index (χ1v) is 8.76. The predicted octanol–water partition coefficient (Wildman–Crippen LogP) is 1.48. The first-order chi connectivity index (χ1) is 9.42. The van der Waals surface area contributed by atoms with E-state index in [0.717, 1.165) is 22.9 Å². The number of piperidine rings is 1. The van der Waals surface area contributed by atoms with Crippen molar-refractivity contribution in [3.63, 3.8) is 0 Å². The van der Waals surface area contributed by atoms with Crippen LogP contribution >= 0.6 is 15.9 Å². The van der Waals surface area contributed by atoms with Crippen LogP contribution in [0.15, 0.2) is 16.7 Å². The van der Waals surface area contributed by atoms with E-state index in [0.29, 0.717) is 25.5 Å². The van der Waals surface area contributed by atoms with Gasteiger partial charge >= 0.3 is 10.2 Å². The Bertz CT molecular complexity index is 579. The molecule has 0 spiro atoms. The molecule has 2 heterocycles. The molecule has 1 unspecified atom stereocenters. The smallest absolute Gasteiger partial charge is 0.302 e. The first-order valence-electron chi connectivity index (χ1n) is 6.52. The lowest BCUT2D eigenvalue weighted by Gasteiger charge is -2.31. The largest absolute Gasteiger partial charge is 0.330 e. The fourth-order valence-electron chi connectivity index (χ4n) is 2.23. The van der Waals surface area contributed by atoms with Crippen molar-refractivity contribution in [3.05, 3.63) is 22.3 Å². The third kappa shape index (κ3) is 3.69. The zero-order chi connectivity index (χ0) is 14.8. The van der Waals surface area contributed by atoms with E-state index in [9.17, 15) is 8.42 Å². The maximum atomic E-state index is 12.3. The second-order valence-electron chi connectivity index (χ2n) is 5.03. The second kappa shape index (κ2) is 6.38. The number of anilines is 1. The number of nitrogens with one attached hydrogen (secondary N) is 1. The number of hydrogen-bond acceptors (Lipinski definition) is 4. The van der Waals surface area contributed by atoms with Gasteiger partial charge in [0.25, 0.3) is 0 Å². The monoisotopic (exact) mass is 362 g/mol. The van der Waals surface area contributed by atoms with Gasteiger partial charge in [0.1, 0.15) is 5.82 Å². The van der Waals surface area contributed by atoms with Gasteiger partial charge in [0.15, 0.2) is 0 Å². The average Bonchev–Trinajstić information content (AvgIpc) is 2.43. The summed E-state index contributed by atoms with van der Waals surface area (Å²) in [6.07, 6.45) is 3.42. The zero-order valence-electron chi connectivity index (χ0n) is 11.3. The Kier molecular flexibility index (Phi) is 5.00. The second-order valence-corrected chi connectivity index (χ2v) is 7.55. The van der Waals surface area contributed by atoms with E-state index in [-0.39, 0.29) is 5.92 Å². The van der Waals surface area contributed by atoms with Gasteiger partial charge < -0.3 is 5.73 Å². The molecular weight excluding hydrogens is 344 g/mol. The summed E-state index contributed by atoms with van der Waals surface area (Å²) in [5.74, 6) is 0.570. The van der Waals surface area contributed by atoms with Crippen LogP contribution in [0.1, 0.15) is 18.4 Å². The molecule has 0 bridgehead atoms. The molecule has 8 heteroatoms. The summed E-state index contributed by atoms with van der Waals surface area (Å²) in [6.45, 7) is 3.40. The van der Waals surface area contributed by atoms with Crippen molar-refractivity contribution in [1.82, 2.24) is 9.29 Å². The molecule has 0 amide bonds. The Morgan fingerprint density at radius 3 is 3.00 bits per heavy atom. The highest BCUT2D eigenvalue weighted by Gasteiger charge is 2.28. The van der Waals surface area contributed by atoms with Crippen LogP contribution in [0.5, 0.6) is 0 Å². The van der Waals surface area contributed by atoms with Crippen LogP contribution in [0, 0.1) is 12.8 Å². The van der Waals surface area contributed by atoms with E-state index in [1.807, 2.05) is 6.92 Å². The summed E-state index contributed by atoms with van der Waals surface area (Å²) in [5.41, 5.74) is 6.57. The molecule has 0 aromatic carbocycles. The summed E-state index contributed by atoms with van der Waals surface area (Å²) in [7, 11) is -3.56. The average molecular weight is 363 g/mol. The van der Waals surface area contributed by atoms with Gasteiger partial charge in [-0.2, -0.15) is 12.7 Å². The van der Waals surface area contributed by atoms with Crippen LogP contribution < -0.4 is 10.5 Å². The highest BCUT2D eigenvalue weighted by atomic mass is 79.9. The van der Waals surface area contributed by atoms with Gasteiger partial charge in [-0.1, -0.05) is 0 Å². The van der Waals surface area contributed by atoms with Gasteiger partial charge in [0.2, 0.25) is 0 Å². The van der Waals surface area contributed by atoms with Crippen molar-refractivity contribution in [1.29, 1.82) is 0 Å². The number of halogens is 1. The summed E-state index contributed by atoms with van der Waals surface area (Å²) in [5, 5.41) is 0. The van der Waals surface area contributed by atoms with Crippen molar-refractivity contribution in [3.8, 4) is 0 Å². The molecule has 2 rings (SSSR count). The summed E-state index contributed by atoms with van der Waals surface area (Å²) < 4.78 is 29.5. The van der Waals surface area contributed by atoms with Crippen LogP contribution in [0.3, 0.4) is 0 Å². The SMILES string of the molecule is Cc1cc(NS(=O)(=O)N2CCCC(CN)C2)ncc1Br. The molecule has 6 nitrogen and oxygen atoms in total. The zero-order valence-corrected chi connectivity index (χ0v) is 13.7. The number of nitrogens with zero attached hydrogens (tertiary/aromatic N) is 2. The molecule has 1 saturated heterocycles. The lowest BCUT2D eigenvalue weighted by Crippen LogP contribution is -2.44. The molecule has 112 valence electrons. The van der Waals surface area contributed by atoms with Crippen LogP contribution in [0.2, 0.25) is 0 Å². The fraction of sp³-hybridized carbons (Fsp3) is 0.583. The number of rotatable bonds is 4. The molecule has 1 aromatic rings. The Labute approximate surface area is 128 Å². The minimum Gasteiger partial charge on any atom is -0.330 e. The Balaban J connectivity index is 2.12. The molecule has 1 aliphatic rings. The predicted molar refractivity (Wildman–Crippen MR) is 82.6 cm³/mol. The molecule has 0 radical (unpaired) electrons. The number of aromatic nitrogens is 1. The number of hydrogen-bond donors (Lipinski definition) is 2. The van der Waals surface area contributed by atoms with Crippen molar-refractivity contribution >= 4 is 32.0 Å². The van der Waals surface area contributed by atoms with Crippen molar-refractivity contribution in [2.45, 2.75) is 19.8 Å². The van der Waals surface area contributed by atoms with Gasteiger partial charge in [-0.15, -0.1) is 0 Å². The minimum absolute atomic E-state index is 0.236. The van der Waals surface area contributed by atoms with Crippen molar-refractivity contribution < 1.29 is 8.42 Å². The van der Waals surface area contributed by atoms with E-state index >= 15 is 0 Å². The summed E-state index contributed by atoms with van der Waals surface area (Å²) in [6, 6.07) is 1.70. The fourth-order valence-corrected chi connectivity index (χ4v) is 3.73. The van der Waals surface area contributed by atoms with E-state index in [2.05, 4.69) is 25.6 Å². The maximum absolute atomic E-state index is 12.3. The van der Waals surface area contributed by atoms with Gasteiger partial charge in [-0.25, -0.2) is 4.98 Å². The highest BCUT2D eigenvalue weighted by molar-refractivity contribution is 9.10. The molecule has 20 heavy (non-hydrogen) atoms. The van der Waals surface area contributed by atoms with E-state index in [4.69, 9.17) is 5.73 Å². The Morgan fingerprint density at radius 2 is 2.35 bits per heavy atom. The van der Waals surface area contributed by atoms with Gasteiger partial charge in [-0.3, -0.25) is 4.72 Å². The van der Waals surface area contributed by atoms with E-state index < -0.39 is 10.2 Å². The molecular formula is C12H19BrN4O2S. The third-order valence-corrected chi connectivity index (χ3v) is 5.74. The van der Waals surface area contributed by atoms with E-state index in [1.165, 1.54) is 4.31 Å². The van der Waals surface area contributed by atoms with Gasteiger partial charge in [-0.05, 0) is 59.8 Å². The normalized spacial score (nSPS) is 20.9. The maximum Gasteiger partial charge on any atom is 0.302 e. The summed E-state index contributed by atoms with van der Waals surface area (Å²) in [4.78, 5) is 4.07. The van der Waals surface area contributed by atoms with Gasteiger partial charge in [0.05, 0.1) is 0 Å². The number of pyridine rings is 1. The van der Waals surface area contributed by atoms with Gasteiger partial charge in [0, 0.05) is 23.8 Å². The number of nitrogens with two attached hydrogens (primary N) is 1. The van der Waals surface area contributed by atoms with E-state index in [1.54, 1.807) is 12.3 Å². The minimum atomic E-state index is -3.56. The molecule has 1 atom stereocenters. The Hall–Kier alpha value is -0.700. The lowest BCUT2D eigenvalue weighted by molar-refractivity contribution is 0.273. The lowest BCUT2D eigenvalue weighted by atomic mass is 10.0. The quantitative estimate of drug-likeness (QED) is 0.848. The topological polar surface area (TPSA) is 88.3 Å². The van der Waals surface area contributed by atoms with Crippen molar-refractivity contribution in [2.24, 2.45) is 11.7 Å². The molecule has 1 fully saturated rings. The third-order valence-electron chi connectivity index (χ3n) is 3.44. The van der Waals surface area contributed by atoms with Crippen LogP contribution in [-0.4, -0.2) is 37.3 Å².